The molecule has 1 fully saturated rings. The predicted molar refractivity (Wildman–Crippen MR) is 141 cm³/mol. The van der Waals surface area contributed by atoms with Gasteiger partial charge in [-0.1, -0.05) is 12.6 Å². The molecule has 2 aromatic carbocycles. The van der Waals surface area contributed by atoms with E-state index in [9.17, 15) is 14.0 Å². The van der Waals surface area contributed by atoms with E-state index in [1.807, 2.05) is 17.0 Å². The second-order valence-electron chi connectivity index (χ2n) is 8.29. The fourth-order valence-electron chi connectivity index (χ4n) is 3.90. The summed E-state index contributed by atoms with van der Waals surface area (Å²) in [4.78, 5) is 35.4. The number of carbonyl (C=O) groups is 2. The third-order valence-electron chi connectivity index (χ3n) is 5.84. The number of piperazine rings is 1. The van der Waals surface area contributed by atoms with Crippen molar-refractivity contribution >= 4 is 46.3 Å². The second-order valence-corrected chi connectivity index (χ2v) is 8.29. The van der Waals surface area contributed by atoms with Crippen LogP contribution in [0.2, 0.25) is 0 Å². The number of ether oxygens (including phenoxy) is 1. The molecular weight excluding hydrogens is 477 g/mol. The molecule has 37 heavy (non-hydrogen) atoms. The largest absolute Gasteiger partial charge is 0.494 e. The minimum absolute atomic E-state index is 0.0327. The number of rotatable bonds is 8. The zero-order valence-corrected chi connectivity index (χ0v) is 20.6. The molecule has 0 aliphatic carbocycles. The smallest absolute Gasteiger partial charge is 0.247 e. The van der Waals surface area contributed by atoms with Crippen LogP contribution in [0.3, 0.4) is 0 Å². The van der Waals surface area contributed by atoms with Crippen LogP contribution in [0.25, 0.3) is 0 Å². The zero-order chi connectivity index (χ0) is 26.4. The number of nitrogens with one attached hydrogen (secondary N) is 3. The van der Waals surface area contributed by atoms with Gasteiger partial charge in [0.1, 0.15) is 5.75 Å². The zero-order valence-electron chi connectivity index (χ0n) is 20.6. The van der Waals surface area contributed by atoms with Gasteiger partial charge < -0.3 is 30.5 Å². The summed E-state index contributed by atoms with van der Waals surface area (Å²) >= 11 is 0. The summed E-state index contributed by atoms with van der Waals surface area (Å²) in [6.45, 7) is 7.75. The number of amides is 2. The van der Waals surface area contributed by atoms with Gasteiger partial charge in [0.05, 0.1) is 19.0 Å². The van der Waals surface area contributed by atoms with Crippen LogP contribution in [0.5, 0.6) is 5.75 Å². The molecule has 4 rings (SSSR count). The molecule has 1 aliphatic heterocycles. The molecule has 2 amide bonds. The van der Waals surface area contributed by atoms with Gasteiger partial charge in [-0.3, -0.25) is 9.59 Å². The summed E-state index contributed by atoms with van der Waals surface area (Å²) in [6, 6.07) is 12.5. The van der Waals surface area contributed by atoms with Crippen molar-refractivity contribution in [2.75, 3.05) is 54.1 Å². The van der Waals surface area contributed by atoms with E-state index >= 15 is 0 Å². The minimum atomic E-state index is -0.635. The van der Waals surface area contributed by atoms with Crippen LogP contribution >= 0.6 is 0 Å². The fraction of sp³-hybridized carbons (Fsp3) is 0.231. The molecule has 1 aliphatic rings. The Hall–Kier alpha value is -4.67. The number of halogens is 1. The fourth-order valence-corrected chi connectivity index (χ4v) is 3.90. The molecule has 3 N–H and O–H groups in total. The summed E-state index contributed by atoms with van der Waals surface area (Å²) in [5.41, 5.74) is 2.64. The number of aromatic nitrogens is 2. The molecule has 1 aromatic heterocycles. The quantitative estimate of drug-likeness (QED) is 0.395. The molecule has 192 valence electrons. The SMILES string of the molecule is C=CC(=O)Nc1cccc(Nc2ncc(F)c(Nc3ccc(N4CCN(C(C)=O)CC4)cc3OC)n2)c1. The number of carbonyl (C=O) groups excluding carboxylic acids is 2. The van der Waals surface area contributed by atoms with Crippen LogP contribution in [0.1, 0.15) is 6.92 Å². The van der Waals surface area contributed by atoms with Gasteiger partial charge in [-0.15, -0.1) is 0 Å². The van der Waals surface area contributed by atoms with Crippen LogP contribution < -0.4 is 25.6 Å². The van der Waals surface area contributed by atoms with Crippen molar-refractivity contribution in [3.63, 3.8) is 0 Å². The van der Waals surface area contributed by atoms with E-state index in [0.717, 1.165) is 11.9 Å². The van der Waals surface area contributed by atoms with Crippen molar-refractivity contribution in [1.29, 1.82) is 0 Å². The van der Waals surface area contributed by atoms with Crippen LogP contribution in [0.15, 0.2) is 61.3 Å². The molecule has 1 saturated heterocycles. The second kappa shape index (κ2) is 11.4. The molecular formula is C26H28FN7O3. The number of hydrogen-bond acceptors (Lipinski definition) is 8. The predicted octanol–water partition coefficient (Wildman–Crippen LogP) is 3.90. The highest BCUT2D eigenvalue weighted by atomic mass is 19.1. The van der Waals surface area contributed by atoms with Gasteiger partial charge >= 0.3 is 0 Å². The standard InChI is InChI=1S/C26H28FN7O3/c1-4-24(36)29-18-6-5-7-19(14-18)30-26-28-16-21(27)25(32-26)31-22-9-8-20(15-23(22)37-3)34-12-10-33(11-13-34)17(2)35/h4-9,14-16H,1,10-13H2,2-3H3,(H,29,36)(H2,28,30,31,32). The van der Waals surface area contributed by atoms with Crippen molar-refractivity contribution in [2.45, 2.75) is 6.92 Å². The van der Waals surface area contributed by atoms with Gasteiger partial charge in [-0.05, 0) is 36.4 Å². The number of methoxy groups -OCH3 is 1. The van der Waals surface area contributed by atoms with E-state index in [1.54, 1.807) is 44.4 Å². The average Bonchev–Trinajstić information content (AvgIpc) is 2.91. The highest BCUT2D eigenvalue weighted by molar-refractivity contribution is 5.99. The first-order valence-electron chi connectivity index (χ1n) is 11.6. The molecule has 0 saturated carbocycles. The van der Waals surface area contributed by atoms with Crippen molar-refractivity contribution < 1.29 is 18.7 Å². The molecule has 2 heterocycles. The molecule has 11 heteroatoms. The molecule has 0 atom stereocenters. The highest BCUT2D eigenvalue weighted by Crippen LogP contribution is 2.33. The first-order valence-corrected chi connectivity index (χ1v) is 11.6. The maximum Gasteiger partial charge on any atom is 0.247 e. The summed E-state index contributed by atoms with van der Waals surface area (Å²) in [7, 11) is 1.54. The van der Waals surface area contributed by atoms with Gasteiger partial charge in [0.25, 0.3) is 0 Å². The number of nitrogens with zero attached hydrogens (tertiary/aromatic N) is 4. The normalized spacial score (nSPS) is 13.1. The summed E-state index contributed by atoms with van der Waals surface area (Å²) in [5, 5.41) is 8.67. The van der Waals surface area contributed by atoms with Crippen LogP contribution in [-0.2, 0) is 9.59 Å². The average molecular weight is 506 g/mol. The third-order valence-corrected chi connectivity index (χ3v) is 5.84. The lowest BCUT2D eigenvalue weighted by atomic mass is 10.2. The summed E-state index contributed by atoms with van der Waals surface area (Å²) in [5.74, 6) is -0.247. The van der Waals surface area contributed by atoms with E-state index in [0.29, 0.717) is 49.0 Å². The van der Waals surface area contributed by atoms with Crippen LogP contribution in [0, 0.1) is 5.82 Å². The summed E-state index contributed by atoms with van der Waals surface area (Å²) < 4.78 is 20.1. The van der Waals surface area contributed by atoms with Crippen molar-refractivity contribution in [2.24, 2.45) is 0 Å². The van der Waals surface area contributed by atoms with Crippen molar-refractivity contribution in [3.05, 3.63) is 67.1 Å². The van der Waals surface area contributed by atoms with Crippen LogP contribution in [-0.4, -0.2) is 60.0 Å². The Morgan fingerprint density at radius 1 is 1.08 bits per heavy atom. The molecule has 0 spiro atoms. The number of benzene rings is 2. The lowest BCUT2D eigenvalue weighted by Crippen LogP contribution is -2.48. The Balaban J connectivity index is 1.49. The van der Waals surface area contributed by atoms with Gasteiger partial charge in [-0.2, -0.15) is 4.98 Å². The Bertz CT molecular complexity index is 1310. The molecule has 10 nitrogen and oxygen atoms in total. The van der Waals surface area contributed by atoms with Crippen LogP contribution in [0.4, 0.5) is 38.9 Å². The van der Waals surface area contributed by atoms with E-state index in [2.05, 4.69) is 37.4 Å². The van der Waals surface area contributed by atoms with Gasteiger partial charge in [0.2, 0.25) is 17.8 Å². The molecule has 0 bridgehead atoms. The molecule has 0 unspecified atom stereocenters. The maximum absolute atomic E-state index is 14.6. The summed E-state index contributed by atoms with van der Waals surface area (Å²) in [6.07, 6.45) is 2.24. The first-order chi connectivity index (χ1) is 17.9. The Morgan fingerprint density at radius 3 is 2.54 bits per heavy atom. The third kappa shape index (κ3) is 6.31. The Labute approximate surface area is 214 Å². The number of anilines is 6. The van der Waals surface area contributed by atoms with Crippen molar-refractivity contribution in [3.8, 4) is 5.75 Å². The topological polar surface area (TPSA) is 112 Å². The lowest BCUT2D eigenvalue weighted by molar-refractivity contribution is -0.129. The molecule has 3 aromatic rings. The monoisotopic (exact) mass is 505 g/mol. The van der Waals surface area contributed by atoms with Crippen molar-refractivity contribution in [1.82, 2.24) is 14.9 Å². The van der Waals surface area contributed by atoms with E-state index in [-0.39, 0.29) is 23.6 Å². The maximum atomic E-state index is 14.6. The van der Waals surface area contributed by atoms with E-state index < -0.39 is 5.82 Å². The number of hydrogen-bond donors (Lipinski definition) is 3. The van der Waals surface area contributed by atoms with Gasteiger partial charge in [0.15, 0.2) is 11.6 Å². The Morgan fingerprint density at radius 2 is 1.84 bits per heavy atom. The van der Waals surface area contributed by atoms with E-state index in [1.165, 1.54) is 6.08 Å². The van der Waals surface area contributed by atoms with E-state index in [4.69, 9.17) is 4.74 Å². The molecule has 0 radical (unpaired) electrons. The van der Waals surface area contributed by atoms with Gasteiger partial charge in [-0.25, -0.2) is 9.37 Å². The minimum Gasteiger partial charge on any atom is -0.494 e. The first kappa shape index (κ1) is 25.4. The van der Waals surface area contributed by atoms with Gasteiger partial charge in [0, 0.05) is 56.2 Å². The lowest BCUT2D eigenvalue weighted by Gasteiger charge is -2.35. The Kier molecular flexibility index (Phi) is 7.82. The highest BCUT2D eigenvalue weighted by Gasteiger charge is 2.20.